The van der Waals surface area contributed by atoms with Crippen LogP contribution in [0.15, 0.2) is 42.5 Å². The number of anilines is 1. The zero-order chi connectivity index (χ0) is 18.5. The Bertz CT molecular complexity index is 919. The first kappa shape index (κ1) is 18.9. The van der Waals surface area contributed by atoms with Gasteiger partial charge in [0.05, 0.1) is 15.1 Å². The topological polar surface area (TPSA) is 64.1 Å². The van der Waals surface area contributed by atoms with Gasteiger partial charge in [-0.1, -0.05) is 76.5 Å². The predicted octanol–water partition coefficient (Wildman–Crippen LogP) is 5.11. The van der Waals surface area contributed by atoms with Gasteiger partial charge < -0.3 is 4.74 Å². The fraction of sp³-hybridized carbons (Fsp3) is 0.118. The molecule has 5 nitrogen and oxygen atoms in total. The second-order valence-electron chi connectivity index (χ2n) is 5.20. The minimum absolute atomic E-state index is 0.245. The molecule has 0 aliphatic rings. The Morgan fingerprint density at radius 2 is 1.77 bits per heavy atom. The van der Waals surface area contributed by atoms with E-state index in [0.717, 1.165) is 10.6 Å². The van der Waals surface area contributed by atoms with Crippen molar-refractivity contribution in [2.45, 2.75) is 6.42 Å². The molecule has 0 fully saturated rings. The van der Waals surface area contributed by atoms with E-state index < -0.39 is 0 Å². The summed E-state index contributed by atoms with van der Waals surface area (Å²) in [6.45, 7) is -0.245. The van der Waals surface area contributed by atoms with Gasteiger partial charge in [-0.05, 0) is 11.6 Å². The van der Waals surface area contributed by atoms with Gasteiger partial charge in [0.2, 0.25) is 5.13 Å². The molecule has 1 N–H and O–H groups in total. The average Bonchev–Trinajstić information content (AvgIpc) is 3.04. The minimum atomic E-state index is -0.380. The van der Waals surface area contributed by atoms with E-state index >= 15 is 0 Å². The van der Waals surface area contributed by atoms with Gasteiger partial charge >= 0.3 is 0 Å². The summed E-state index contributed by atoms with van der Waals surface area (Å²) in [7, 11) is 0. The first-order chi connectivity index (χ1) is 12.5. The van der Waals surface area contributed by atoms with Crippen molar-refractivity contribution < 1.29 is 9.53 Å². The second-order valence-corrected chi connectivity index (χ2v) is 7.48. The quantitative estimate of drug-likeness (QED) is 0.554. The van der Waals surface area contributed by atoms with Crippen molar-refractivity contribution in [3.05, 3.63) is 68.1 Å². The monoisotopic (exact) mass is 427 g/mol. The van der Waals surface area contributed by atoms with Crippen molar-refractivity contribution in [2.24, 2.45) is 0 Å². The highest BCUT2D eigenvalue weighted by atomic mass is 35.5. The van der Waals surface area contributed by atoms with Gasteiger partial charge in [-0.25, -0.2) is 0 Å². The third-order valence-electron chi connectivity index (χ3n) is 3.24. The Balaban J connectivity index is 1.55. The van der Waals surface area contributed by atoms with Crippen LogP contribution in [0.3, 0.4) is 0 Å². The number of hydrogen-bond acceptors (Lipinski definition) is 5. The fourth-order valence-electron chi connectivity index (χ4n) is 2.06. The molecule has 0 radical (unpaired) electrons. The summed E-state index contributed by atoms with van der Waals surface area (Å²) in [5.41, 5.74) is 1.12. The highest BCUT2D eigenvalue weighted by Gasteiger charge is 2.12. The molecule has 3 rings (SSSR count). The van der Waals surface area contributed by atoms with Crippen molar-refractivity contribution in [1.29, 1.82) is 0 Å². The molecule has 1 amide bonds. The normalized spacial score (nSPS) is 10.6. The molecule has 9 heteroatoms. The van der Waals surface area contributed by atoms with E-state index in [1.165, 1.54) is 23.5 Å². The number of amides is 1. The summed E-state index contributed by atoms with van der Waals surface area (Å²) in [5.74, 6) is -0.104. The van der Waals surface area contributed by atoms with E-state index in [1.807, 2.05) is 30.3 Å². The van der Waals surface area contributed by atoms with Crippen LogP contribution in [-0.2, 0) is 11.2 Å². The van der Waals surface area contributed by atoms with Crippen molar-refractivity contribution in [1.82, 2.24) is 10.2 Å². The lowest BCUT2D eigenvalue weighted by Gasteiger charge is -2.08. The number of rotatable bonds is 6. The Morgan fingerprint density at radius 3 is 2.54 bits per heavy atom. The molecule has 0 atom stereocenters. The zero-order valence-corrected chi connectivity index (χ0v) is 16.3. The largest absolute Gasteiger partial charge is 0.482 e. The zero-order valence-electron chi connectivity index (χ0n) is 13.2. The van der Waals surface area contributed by atoms with Crippen molar-refractivity contribution >= 4 is 57.2 Å². The van der Waals surface area contributed by atoms with Crippen molar-refractivity contribution in [3.63, 3.8) is 0 Å². The number of hydrogen-bond donors (Lipinski definition) is 1. The number of nitrogens with zero attached hydrogens (tertiary/aromatic N) is 2. The van der Waals surface area contributed by atoms with E-state index in [-0.39, 0.29) is 23.3 Å². The SMILES string of the molecule is O=C(COc1cc(Cl)c(Cl)cc1Cl)Nc1nnc(Cc2ccccc2)s1. The molecular weight excluding hydrogens is 417 g/mol. The van der Waals surface area contributed by atoms with Crippen LogP contribution in [0, 0.1) is 0 Å². The van der Waals surface area contributed by atoms with Crippen LogP contribution in [0.4, 0.5) is 5.13 Å². The molecule has 0 aliphatic carbocycles. The van der Waals surface area contributed by atoms with Crippen LogP contribution in [0.2, 0.25) is 15.1 Å². The summed E-state index contributed by atoms with van der Waals surface area (Å²) in [4.78, 5) is 12.0. The smallest absolute Gasteiger partial charge is 0.264 e. The van der Waals surface area contributed by atoms with Gasteiger partial charge in [0.15, 0.2) is 6.61 Å². The van der Waals surface area contributed by atoms with E-state index in [4.69, 9.17) is 39.5 Å². The van der Waals surface area contributed by atoms with Gasteiger partial charge in [-0.15, -0.1) is 10.2 Å². The fourth-order valence-corrected chi connectivity index (χ4v) is 3.44. The summed E-state index contributed by atoms with van der Waals surface area (Å²) in [6, 6.07) is 12.8. The highest BCUT2D eigenvalue weighted by Crippen LogP contribution is 2.33. The summed E-state index contributed by atoms with van der Waals surface area (Å²) >= 11 is 19.1. The minimum Gasteiger partial charge on any atom is -0.482 e. The third kappa shape index (κ3) is 5.08. The molecule has 26 heavy (non-hydrogen) atoms. The van der Waals surface area contributed by atoms with Crippen LogP contribution in [0.1, 0.15) is 10.6 Å². The van der Waals surface area contributed by atoms with Crippen LogP contribution < -0.4 is 10.1 Å². The maximum absolute atomic E-state index is 12.0. The lowest BCUT2D eigenvalue weighted by atomic mass is 10.2. The number of nitrogens with one attached hydrogen (secondary N) is 1. The van der Waals surface area contributed by atoms with E-state index in [1.54, 1.807) is 0 Å². The molecule has 0 unspecified atom stereocenters. The van der Waals surface area contributed by atoms with E-state index in [2.05, 4.69) is 15.5 Å². The first-order valence-electron chi connectivity index (χ1n) is 7.45. The van der Waals surface area contributed by atoms with Crippen molar-refractivity contribution in [3.8, 4) is 5.75 Å². The van der Waals surface area contributed by atoms with Gasteiger partial charge in [-0.3, -0.25) is 10.1 Å². The van der Waals surface area contributed by atoms with E-state index in [9.17, 15) is 4.79 Å². The van der Waals surface area contributed by atoms with Crippen LogP contribution in [0.25, 0.3) is 0 Å². The van der Waals surface area contributed by atoms with Crippen LogP contribution in [0.5, 0.6) is 5.75 Å². The second kappa shape index (κ2) is 8.68. The number of carbonyl (C=O) groups excluding carboxylic acids is 1. The van der Waals surface area contributed by atoms with Crippen LogP contribution in [-0.4, -0.2) is 22.7 Å². The molecule has 1 aromatic heterocycles. The Labute approximate surface area is 168 Å². The number of carbonyl (C=O) groups is 1. The van der Waals surface area contributed by atoms with Gasteiger partial charge in [0, 0.05) is 12.5 Å². The summed E-state index contributed by atoms with van der Waals surface area (Å²) in [6.07, 6.45) is 0.657. The van der Waals surface area contributed by atoms with Gasteiger partial charge in [-0.2, -0.15) is 0 Å². The number of ether oxygens (including phenoxy) is 1. The first-order valence-corrected chi connectivity index (χ1v) is 9.40. The van der Waals surface area contributed by atoms with Crippen molar-refractivity contribution in [2.75, 3.05) is 11.9 Å². The molecule has 0 spiro atoms. The molecule has 3 aromatic rings. The maximum atomic E-state index is 12.0. The number of aromatic nitrogens is 2. The molecular formula is C17H12Cl3N3O2S. The molecule has 0 bridgehead atoms. The lowest BCUT2D eigenvalue weighted by molar-refractivity contribution is -0.118. The molecule has 0 saturated heterocycles. The highest BCUT2D eigenvalue weighted by molar-refractivity contribution is 7.15. The Morgan fingerprint density at radius 1 is 1.04 bits per heavy atom. The molecule has 2 aromatic carbocycles. The molecule has 0 saturated carbocycles. The number of benzene rings is 2. The summed E-state index contributed by atoms with van der Waals surface area (Å²) < 4.78 is 5.38. The van der Waals surface area contributed by atoms with E-state index in [0.29, 0.717) is 21.6 Å². The molecule has 0 aliphatic heterocycles. The summed E-state index contributed by atoms with van der Waals surface area (Å²) in [5, 5.41) is 12.8. The lowest BCUT2D eigenvalue weighted by Crippen LogP contribution is -2.20. The molecule has 134 valence electrons. The number of halogens is 3. The molecule has 1 heterocycles. The predicted molar refractivity (Wildman–Crippen MR) is 105 cm³/mol. The Kier molecular flexibility index (Phi) is 6.32. The third-order valence-corrected chi connectivity index (χ3v) is 5.10. The van der Waals surface area contributed by atoms with Gasteiger partial charge in [0.25, 0.3) is 5.91 Å². The van der Waals surface area contributed by atoms with Crippen LogP contribution >= 0.6 is 46.1 Å². The average molecular weight is 429 g/mol. The van der Waals surface area contributed by atoms with Gasteiger partial charge in [0.1, 0.15) is 10.8 Å². The maximum Gasteiger partial charge on any atom is 0.264 e. The standard InChI is InChI=1S/C17H12Cl3N3O2S/c18-11-7-13(20)14(8-12(11)19)25-9-15(24)21-17-23-22-16(26-17)6-10-4-2-1-3-5-10/h1-5,7-8H,6,9H2,(H,21,23,24). The Hall–Kier alpha value is -1.86.